The lowest BCUT2D eigenvalue weighted by Crippen LogP contribution is -2.19. The minimum atomic E-state index is 0.328. The molecule has 2 unspecified atom stereocenters. The fourth-order valence-corrected chi connectivity index (χ4v) is 2.50. The smallest absolute Gasteiger partial charge is 0.195 e. The maximum absolute atomic E-state index is 5.80. The third-order valence-electron chi connectivity index (χ3n) is 3.59. The van der Waals surface area contributed by atoms with Crippen LogP contribution in [-0.2, 0) is 11.2 Å². The lowest BCUT2D eigenvalue weighted by molar-refractivity contribution is 0.0637. The highest BCUT2D eigenvalue weighted by Gasteiger charge is 2.21. The number of aryl methyl sites for hydroxylation is 1. The van der Waals surface area contributed by atoms with Gasteiger partial charge >= 0.3 is 0 Å². The zero-order chi connectivity index (χ0) is 13.2. The van der Waals surface area contributed by atoms with E-state index in [1.165, 1.54) is 0 Å². The summed E-state index contributed by atoms with van der Waals surface area (Å²) < 4.78 is 11.4. The van der Waals surface area contributed by atoms with Gasteiger partial charge in [-0.1, -0.05) is 6.92 Å². The summed E-state index contributed by atoms with van der Waals surface area (Å²) in [7, 11) is 0. The predicted octanol–water partition coefficient (Wildman–Crippen LogP) is 3.37. The van der Waals surface area contributed by atoms with E-state index in [0.29, 0.717) is 12.2 Å². The van der Waals surface area contributed by atoms with E-state index in [9.17, 15) is 0 Å². The number of hydrogen-bond donors (Lipinski definition) is 1. The third-order valence-corrected chi connectivity index (χ3v) is 3.59. The van der Waals surface area contributed by atoms with Crippen LogP contribution in [0.3, 0.4) is 0 Å². The minimum Gasteiger partial charge on any atom is -0.441 e. The monoisotopic (exact) mass is 260 g/mol. The first-order chi connectivity index (χ1) is 9.24. The Morgan fingerprint density at radius 3 is 3.00 bits per heavy atom. The molecule has 2 aromatic rings. The van der Waals surface area contributed by atoms with E-state index in [0.717, 1.165) is 48.5 Å². The molecule has 3 rings (SSSR count). The zero-order valence-electron chi connectivity index (χ0n) is 11.5. The van der Waals surface area contributed by atoms with E-state index in [-0.39, 0.29) is 0 Å². The van der Waals surface area contributed by atoms with E-state index in [2.05, 4.69) is 17.2 Å². The van der Waals surface area contributed by atoms with Crippen molar-refractivity contribution >= 4 is 16.8 Å². The van der Waals surface area contributed by atoms with Gasteiger partial charge in [-0.05, 0) is 38.0 Å². The van der Waals surface area contributed by atoms with E-state index in [1.54, 1.807) is 0 Å². The van der Waals surface area contributed by atoms with Crippen molar-refractivity contribution in [3.63, 3.8) is 0 Å². The quantitative estimate of drug-likeness (QED) is 0.915. The van der Waals surface area contributed by atoms with Gasteiger partial charge in [0, 0.05) is 18.7 Å². The average Bonchev–Trinajstić information content (AvgIpc) is 3.01. The summed E-state index contributed by atoms with van der Waals surface area (Å²) in [6, 6.07) is 6.05. The van der Waals surface area contributed by atoms with Crippen LogP contribution in [0.2, 0.25) is 0 Å². The fourth-order valence-electron chi connectivity index (χ4n) is 2.50. The highest BCUT2D eigenvalue weighted by atomic mass is 16.5. The molecule has 1 fully saturated rings. The van der Waals surface area contributed by atoms with Crippen molar-refractivity contribution in [1.82, 2.24) is 4.98 Å². The van der Waals surface area contributed by atoms with Crippen molar-refractivity contribution in [1.29, 1.82) is 0 Å². The summed E-state index contributed by atoms with van der Waals surface area (Å²) >= 11 is 0. The lowest BCUT2D eigenvalue weighted by atomic mass is 10.2. The number of hydrogen-bond acceptors (Lipinski definition) is 4. The summed E-state index contributed by atoms with van der Waals surface area (Å²) in [4.78, 5) is 4.45. The van der Waals surface area contributed by atoms with Gasteiger partial charge in [0.25, 0.3) is 0 Å². The second-order valence-electron chi connectivity index (χ2n) is 5.17. The molecular weight excluding hydrogens is 240 g/mol. The van der Waals surface area contributed by atoms with Gasteiger partial charge in [-0.15, -0.1) is 0 Å². The molecule has 1 aromatic heterocycles. The van der Waals surface area contributed by atoms with Crippen LogP contribution in [0.4, 0.5) is 5.69 Å². The van der Waals surface area contributed by atoms with Crippen LogP contribution in [0.25, 0.3) is 11.1 Å². The van der Waals surface area contributed by atoms with Crippen LogP contribution in [-0.4, -0.2) is 23.7 Å². The Morgan fingerprint density at radius 1 is 1.37 bits per heavy atom. The molecule has 1 N–H and O–H groups in total. The third kappa shape index (κ3) is 2.73. The number of aromatic nitrogens is 1. The first-order valence-electron chi connectivity index (χ1n) is 7.03. The van der Waals surface area contributed by atoms with Gasteiger partial charge in [-0.25, -0.2) is 4.98 Å². The Labute approximate surface area is 113 Å². The summed E-state index contributed by atoms with van der Waals surface area (Å²) in [5, 5.41) is 3.42. The molecule has 102 valence electrons. The molecule has 0 radical (unpaired) electrons. The Hall–Kier alpha value is -1.55. The number of ether oxygens (including phenoxy) is 1. The van der Waals surface area contributed by atoms with Gasteiger partial charge in [-0.3, -0.25) is 0 Å². The van der Waals surface area contributed by atoms with Gasteiger partial charge < -0.3 is 14.5 Å². The Morgan fingerprint density at radius 2 is 2.26 bits per heavy atom. The molecule has 0 aliphatic carbocycles. The standard InChI is InChI=1S/C15H20N2O2/c1-3-15-17-13-8-11(5-7-14(13)19-15)16-9-12-6-4-10(2)18-12/h5,7-8,10,12,16H,3-4,6,9H2,1-2H3. The number of nitrogens with zero attached hydrogens (tertiary/aromatic N) is 1. The second kappa shape index (κ2) is 5.21. The molecule has 1 saturated heterocycles. The summed E-state index contributed by atoms with van der Waals surface area (Å²) in [5.41, 5.74) is 2.85. The Bertz CT molecular complexity index is 564. The van der Waals surface area contributed by atoms with Crippen LogP contribution in [0.5, 0.6) is 0 Å². The molecule has 1 aliphatic rings. The molecule has 0 bridgehead atoms. The van der Waals surface area contributed by atoms with E-state index < -0.39 is 0 Å². The van der Waals surface area contributed by atoms with E-state index in [4.69, 9.17) is 9.15 Å². The molecular formula is C15H20N2O2. The molecule has 0 saturated carbocycles. The van der Waals surface area contributed by atoms with Gasteiger partial charge in [-0.2, -0.15) is 0 Å². The number of benzene rings is 1. The molecule has 0 amide bonds. The van der Waals surface area contributed by atoms with Crippen LogP contribution in [0.15, 0.2) is 22.6 Å². The Kier molecular flexibility index (Phi) is 3.42. The molecule has 19 heavy (non-hydrogen) atoms. The molecule has 4 heteroatoms. The van der Waals surface area contributed by atoms with Crippen LogP contribution >= 0.6 is 0 Å². The molecule has 1 aromatic carbocycles. The van der Waals surface area contributed by atoms with Crippen LogP contribution in [0, 0.1) is 0 Å². The number of rotatable bonds is 4. The summed E-state index contributed by atoms with van der Waals surface area (Å²) in [6.07, 6.45) is 3.85. The molecule has 2 atom stereocenters. The van der Waals surface area contributed by atoms with Crippen molar-refractivity contribution in [3.8, 4) is 0 Å². The predicted molar refractivity (Wildman–Crippen MR) is 75.4 cm³/mol. The van der Waals surface area contributed by atoms with Crippen molar-refractivity contribution in [2.24, 2.45) is 0 Å². The lowest BCUT2D eigenvalue weighted by Gasteiger charge is -2.12. The minimum absolute atomic E-state index is 0.328. The summed E-state index contributed by atoms with van der Waals surface area (Å²) in [5.74, 6) is 0.792. The largest absolute Gasteiger partial charge is 0.441 e. The highest BCUT2D eigenvalue weighted by Crippen LogP contribution is 2.22. The van der Waals surface area contributed by atoms with Gasteiger partial charge in [0.1, 0.15) is 5.52 Å². The number of nitrogens with one attached hydrogen (secondary N) is 1. The number of fused-ring (bicyclic) bond motifs is 1. The van der Waals surface area contributed by atoms with Gasteiger partial charge in [0.05, 0.1) is 12.2 Å². The highest BCUT2D eigenvalue weighted by molar-refractivity contribution is 5.77. The van der Waals surface area contributed by atoms with E-state index in [1.807, 2.05) is 25.1 Å². The fraction of sp³-hybridized carbons (Fsp3) is 0.533. The van der Waals surface area contributed by atoms with Crippen molar-refractivity contribution in [2.45, 2.75) is 45.3 Å². The second-order valence-corrected chi connectivity index (χ2v) is 5.17. The first kappa shape index (κ1) is 12.5. The van der Waals surface area contributed by atoms with Crippen LogP contribution in [0.1, 0.15) is 32.6 Å². The first-order valence-corrected chi connectivity index (χ1v) is 7.03. The summed E-state index contributed by atoms with van der Waals surface area (Å²) in [6.45, 7) is 5.03. The zero-order valence-corrected chi connectivity index (χ0v) is 11.5. The van der Waals surface area contributed by atoms with Gasteiger partial charge in [0.2, 0.25) is 0 Å². The van der Waals surface area contributed by atoms with Crippen LogP contribution < -0.4 is 5.32 Å². The van der Waals surface area contributed by atoms with E-state index >= 15 is 0 Å². The number of anilines is 1. The van der Waals surface area contributed by atoms with Crippen molar-refractivity contribution < 1.29 is 9.15 Å². The molecule has 0 spiro atoms. The molecule has 4 nitrogen and oxygen atoms in total. The van der Waals surface area contributed by atoms with Crippen molar-refractivity contribution in [3.05, 3.63) is 24.1 Å². The maximum atomic E-state index is 5.80. The average molecular weight is 260 g/mol. The number of oxazole rings is 1. The molecule has 2 heterocycles. The topological polar surface area (TPSA) is 47.3 Å². The molecule has 1 aliphatic heterocycles. The normalized spacial score (nSPS) is 23.1. The SMILES string of the molecule is CCc1nc2cc(NCC3CCC(C)O3)ccc2o1. The van der Waals surface area contributed by atoms with Gasteiger partial charge in [0.15, 0.2) is 11.5 Å². The maximum Gasteiger partial charge on any atom is 0.195 e. The van der Waals surface area contributed by atoms with Crippen molar-refractivity contribution in [2.75, 3.05) is 11.9 Å². The Balaban J connectivity index is 1.67.